The highest BCUT2D eigenvalue weighted by molar-refractivity contribution is 5.87. The first-order chi connectivity index (χ1) is 8.14. The van der Waals surface area contributed by atoms with E-state index in [0.717, 1.165) is 18.0 Å². The second-order valence-corrected chi connectivity index (χ2v) is 3.41. The summed E-state index contributed by atoms with van der Waals surface area (Å²) < 4.78 is 36.7. The molecule has 0 aromatic carbocycles. The molecule has 0 saturated heterocycles. The number of hydrogen-bond acceptors (Lipinski definition) is 4. The lowest BCUT2D eigenvalue weighted by Gasteiger charge is -2.23. The molecule has 10 heteroatoms. The van der Waals surface area contributed by atoms with E-state index in [4.69, 9.17) is 5.11 Å². The van der Waals surface area contributed by atoms with Gasteiger partial charge < -0.3 is 10.0 Å². The maximum Gasteiger partial charge on any atom is 0.471 e. The third-order valence-corrected chi connectivity index (χ3v) is 2.08. The number of carboxylic acids is 1. The SMILES string of the molecule is CN(C(=O)C(F)(F)F)C(C(=O)O)c1cnn(C)n1. The standard InChI is InChI=1S/C8H9F3N4O3/c1-14(7(18)8(9,10)11)5(6(16)17)4-3-12-15(2)13-4/h3,5H,1-2H3,(H,16,17). The summed E-state index contributed by atoms with van der Waals surface area (Å²) in [7, 11) is 2.11. The number of rotatable bonds is 3. The molecule has 0 aliphatic heterocycles. The van der Waals surface area contributed by atoms with Crippen molar-refractivity contribution < 1.29 is 27.9 Å². The number of likely N-dealkylation sites (N-methyl/N-ethyl adjacent to an activating group) is 1. The first kappa shape index (κ1) is 13.9. The Morgan fingerprint density at radius 1 is 1.50 bits per heavy atom. The highest BCUT2D eigenvalue weighted by Gasteiger charge is 2.45. The van der Waals surface area contributed by atoms with Crippen molar-refractivity contribution in [3.63, 3.8) is 0 Å². The minimum absolute atomic E-state index is 0.0619. The highest BCUT2D eigenvalue weighted by atomic mass is 19.4. The van der Waals surface area contributed by atoms with Crippen LogP contribution in [0.1, 0.15) is 11.7 Å². The number of carbonyl (C=O) groups is 2. The first-order valence-electron chi connectivity index (χ1n) is 4.57. The smallest absolute Gasteiger partial charge is 0.471 e. The second-order valence-electron chi connectivity index (χ2n) is 3.41. The second kappa shape index (κ2) is 4.63. The van der Waals surface area contributed by atoms with Gasteiger partial charge in [0.15, 0.2) is 6.04 Å². The third-order valence-electron chi connectivity index (χ3n) is 2.08. The van der Waals surface area contributed by atoms with Crippen molar-refractivity contribution in [1.82, 2.24) is 19.9 Å². The minimum atomic E-state index is -5.15. The van der Waals surface area contributed by atoms with Crippen molar-refractivity contribution in [2.75, 3.05) is 7.05 Å². The molecule has 0 aliphatic rings. The van der Waals surface area contributed by atoms with Gasteiger partial charge in [-0.05, 0) is 0 Å². The van der Waals surface area contributed by atoms with Gasteiger partial charge in [-0.3, -0.25) is 4.79 Å². The highest BCUT2D eigenvalue weighted by Crippen LogP contribution is 2.24. The molecule has 0 aliphatic carbocycles. The average molecular weight is 266 g/mol. The van der Waals surface area contributed by atoms with Gasteiger partial charge in [0.1, 0.15) is 5.69 Å². The molecular formula is C8H9F3N4O3. The Morgan fingerprint density at radius 2 is 2.06 bits per heavy atom. The van der Waals surface area contributed by atoms with Crippen LogP contribution >= 0.6 is 0 Å². The molecule has 0 bridgehead atoms. The number of carbonyl (C=O) groups excluding carboxylic acids is 1. The molecule has 1 heterocycles. The van der Waals surface area contributed by atoms with E-state index in [0.29, 0.717) is 0 Å². The van der Waals surface area contributed by atoms with Gasteiger partial charge in [-0.15, -0.1) is 0 Å². The fraction of sp³-hybridized carbons (Fsp3) is 0.500. The molecule has 100 valence electrons. The van der Waals surface area contributed by atoms with Gasteiger partial charge >= 0.3 is 18.1 Å². The van der Waals surface area contributed by atoms with Crippen LogP contribution in [0.4, 0.5) is 13.2 Å². The Hall–Kier alpha value is -2.13. The molecular weight excluding hydrogens is 257 g/mol. The number of nitrogens with zero attached hydrogens (tertiary/aromatic N) is 4. The van der Waals surface area contributed by atoms with E-state index < -0.39 is 24.1 Å². The Labute approximate surface area is 98.8 Å². The quantitative estimate of drug-likeness (QED) is 0.829. The molecule has 1 amide bonds. The number of amides is 1. The predicted molar refractivity (Wildman–Crippen MR) is 50.2 cm³/mol. The van der Waals surface area contributed by atoms with Crippen molar-refractivity contribution >= 4 is 11.9 Å². The van der Waals surface area contributed by atoms with Gasteiger partial charge in [0.2, 0.25) is 0 Å². The number of carboxylic acid groups (broad SMARTS) is 1. The number of aromatic nitrogens is 3. The zero-order valence-electron chi connectivity index (χ0n) is 9.34. The number of alkyl halides is 3. The molecule has 1 rings (SSSR count). The van der Waals surface area contributed by atoms with Crippen LogP contribution in [0.5, 0.6) is 0 Å². The normalized spacial score (nSPS) is 13.2. The van der Waals surface area contributed by atoms with Crippen molar-refractivity contribution in [3.05, 3.63) is 11.9 Å². The molecule has 0 radical (unpaired) electrons. The van der Waals surface area contributed by atoms with E-state index in [1.807, 2.05) is 0 Å². The van der Waals surface area contributed by atoms with Gasteiger partial charge in [-0.1, -0.05) is 0 Å². The number of aliphatic carboxylic acids is 1. The van der Waals surface area contributed by atoms with Crippen LogP contribution in [-0.2, 0) is 16.6 Å². The molecule has 18 heavy (non-hydrogen) atoms. The summed E-state index contributed by atoms with van der Waals surface area (Å²) in [5, 5.41) is 16.0. The van der Waals surface area contributed by atoms with E-state index in [9.17, 15) is 22.8 Å². The number of halogens is 3. The Kier molecular flexibility index (Phi) is 3.58. The summed E-state index contributed by atoms with van der Waals surface area (Å²) in [5.41, 5.74) is -0.259. The summed E-state index contributed by atoms with van der Waals surface area (Å²) in [4.78, 5) is 23.0. The van der Waals surface area contributed by atoms with Crippen LogP contribution in [0.3, 0.4) is 0 Å². The van der Waals surface area contributed by atoms with Gasteiger partial charge in [0.05, 0.1) is 6.20 Å². The zero-order valence-corrected chi connectivity index (χ0v) is 9.34. The molecule has 1 aromatic rings. The molecule has 0 fully saturated rings. The molecule has 1 unspecified atom stereocenters. The molecule has 0 saturated carbocycles. The van der Waals surface area contributed by atoms with Crippen molar-refractivity contribution in [2.45, 2.75) is 12.2 Å². The number of aryl methyl sites for hydroxylation is 1. The largest absolute Gasteiger partial charge is 0.479 e. The maximum absolute atomic E-state index is 12.2. The Morgan fingerprint density at radius 3 is 2.39 bits per heavy atom. The summed E-state index contributed by atoms with van der Waals surface area (Å²) in [6.45, 7) is 0. The van der Waals surface area contributed by atoms with E-state index in [2.05, 4.69) is 10.2 Å². The molecule has 1 N–H and O–H groups in total. The van der Waals surface area contributed by atoms with Crippen LogP contribution in [0.25, 0.3) is 0 Å². The van der Waals surface area contributed by atoms with E-state index in [-0.39, 0.29) is 10.6 Å². The fourth-order valence-corrected chi connectivity index (χ4v) is 1.29. The summed E-state index contributed by atoms with van der Waals surface area (Å²) in [6.07, 6.45) is -4.16. The topological polar surface area (TPSA) is 88.3 Å². The molecule has 0 spiro atoms. The summed E-state index contributed by atoms with van der Waals surface area (Å²) in [5.74, 6) is -3.89. The van der Waals surface area contributed by atoms with Gasteiger partial charge in [-0.2, -0.15) is 28.2 Å². The lowest BCUT2D eigenvalue weighted by atomic mass is 10.2. The third kappa shape index (κ3) is 2.76. The molecule has 7 nitrogen and oxygen atoms in total. The first-order valence-corrected chi connectivity index (χ1v) is 4.57. The van der Waals surface area contributed by atoms with Crippen LogP contribution in [0.15, 0.2) is 6.20 Å². The Bertz CT molecular complexity index is 470. The van der Waals surface area contributed by atoms with Crippen molar-refractivity contribution in [1.29, 1.82) is 0 Å². The van der Waals surface area contributed by atoms with E-state index >= 15 is 0 Å². The van der Waals surface area contributed by atoms with Gasteiger partial charge in [0, 0.05) is 14.1 Å². The van der Waals surface area contributed by atoms with Crippen LogP contribution in [0.2, 0.25) is 0 Å². The van der Waals surface area contributed by atoms with Crippen LogP contribution in [0, 0.1) is 0 Å². The lowest BCUT2D eigenvalue weighted by molar-refractivity contribution is -0.188. The van der Waals surface area contributed by atoms with Crippen molar-refractivity contribution in [2.24, 2.45) is 7.05 Å². The zero-order chi connectivity index (χ0) is 14.1. The van der Waals surface area contributed by atoms with Crippen LogP contribution in [-0.4, -0.2) is 50.1 Å². The monoisotopic (exact) mass is 266 g/mol. The molecule has 1 aromatic heterocycles. The van der Waals surface area contributed by atoms with Gasteiger partial charge in [-0.25, -0.2) is 4.79 Å². The summed E-state index contributed by atoms with van der Waals surface area (Å²) >= 11 is 0. The fourth-order valence-electron chi connectivity index (χ4n) is 1.29. The van der Waals surface area contributed by atoms with Crippen LogP contribution < -0.4 is 0 Å². The number of hydrogen-bond donors (Lipinski definition) is 1. The van der Waals surface area contributed by atoms with E-state index in [1.165, 1.54) is 7.05 Å². The van der Waals surface area contributed by atoms with Crippen molar-refractivity contribution in [3.8, 4) is 0 Å². The molecule has 1 atom stereocenters. The minimum Gasteiger partial charge on any atom is -0.479 e. The lowest BCUT2D eigenvalue weighted by Crippen LogP contribution is -2.43. The maximum atomic E-state index is 12.2. The predicted octanol–water partition coefficient (Wildman–Crippen LogP) is -0.0385. The summed E-state index contributed by atoms with van der Waals surface area (Å²) in [6, 6.07) is -1.84. The Balaban J connectivity index is 3.07. The van der Waals surface area contributed by atoms with Gasteiger partial charge in [0.25, 0.3) is 0 Å². The average Bonchev–Trinajstić information content (AvgIpc) is 2.61. The van der Waals surface area contributed by atoms with E-state index in [1.54, 1.807) is 0 Å².